The fourth-order valence-electron chi connectivity index (χ4n) is 4.34. The maximum absolute atomic E-state index is 13.6. The monoisotopic (exact) mass is 483 g/mol. The van der Waals surface area contributed by atoms with Gasteiger partial charge >= 0.3 is 0 Å². The molecule has 1 heterocycles. The van der Waals surface area contributed by atoms with Crippen molar-refractivity contribution < 1.29 is 17.9 Å². The lowest BCUT2D eigenvalue weighted by Crippen LogP contribution is -2.45. The van der Waals surface area contributed by atoms with Crippen LogP contribution in [0.2, 0.25) is 0 Å². The Labute approximate surface area is 200 Å². The molecule has 1 fully saturated rings. The van der Waals surface area contributed by atoms with Gasteiger partial charge in [0.05, 0.1) is 18.1 Å². The summed E-state index contributed by atoms with van der Waals surface area (Å²) < 4.78 is 34.7. The molecule has 0 saturated carbocycles. The van der Waals surface area contributed by atoms with Gasteiger partial charge in [-0.25, -0.2) is 8.42 Å². The minimum Gasteiger partial charge on any atom is -0.376 e. The SMILES string of the molecule is CC(=O)SCC1CC(COCc2ccccc2)CN(S(=O)(=O)c2ccc3ccccc3c2)C1. The first kappa shape index (κ1) is 24.0. The van der Waals surface area contributed by atoms with Gasteiger partial charge in [-0.3, -0.25) is 4.79 Å². The molecule has 3 aromatic carbocycles. The number of nitrogens with zero attached hydrogens (tertiary/aromatic N) is 1. The van der Waals surface area contributed by atoms with Gasteiger partial charge < -0.3 is 4.74 Å². The summed E-state index contributed by atoms with van der Waals surface area (Å²) in [6, 6.07) is 23.0. The van der Waals surface area contributed by atoms with E-state index >= 15 is 0 Å². The Balaban J connectivity index is 1.50. The molecule has 1 saturated heterocycles. The van der Waals surface area contributed by atoms with E-state index in [4.69, 9.17) is 4.74 Å². The second-order valence-electron chi connectivity index (χ2n) is 8.60. The van der Waals surface area contributed by atoms with E-state index in [0.29, 0.717) is 37.0 Å². The third kappa shape index (κ3) is 6.23. The molecular formula is C26H29NO4S2. The molecule has 2 atom stereocenters. The Morgan fingerprint density at radius 1 is 0.970 bits per heavy atom. The highest BCUT2D eigenvalue weighted by Gasteiger charge is 2.35. The zero-order chi connectivity index (χ0) is 23.3. The number of hydrogen-bond donors (Lipinski definition) is 0. The predicted molar refractivity (Wildman–Crippen MR) is 134 cm³/mol. The van der Waals surface area contributed by atoms with Crippen LogP contribution in [0.3, 0.4) is 0 Å². The van der Waals surface area contributed by atoms with Gasteiger partial charge in [0.2, 0.25) is 10.0 Å². The van der Waals surface area contributed by atoms with Crippen LogP contribution in [-0.2, 0) is 26.2 Å². The highest BCUT2D eigenvalue weighted by atomic mass is 32.2. The number of fused-ring (bicyclic) bond motifs is 1. The third-order valence-corrected chi connectivity index (χ3v) is 8.81. The summed E-state index contributed by atoms with van der Waals surface area (Å²) in [5, 5.41) is 1.97. The lowest BCUT2D eigenvalue weighted by Gasteiger charge is -2.36. The Morgan fingerprint density at radius 2 is 1.67 bits per heavy atom. The molecule has 0 spiro atoms. The lowest BCUT2D eigenvalue weighted by molar-refractivity contribution is -0.109. The van der Waals surface area contributed by atoms with Crippen LogP contribution >= 0.6 is 11.8 Å². The molecule has 1 aliphatic heterocycles. The molecule has 33 heavy (non-hydrogen) atoms. The average Bonchev–Trinajstić information content (AvgIpc) is 2.83. The molecule has 7 heteroatoms. The van der Waals surface area contributed by atoms with Crippen molar-refractivity contribution in [1.82, 2.24) is 4.31 Å². The normalized spacial score (nSPS) is 19.5. The molecular weight excluding hydrogens is 454 g/mol. The van der Waals surface area contributed by atoms with Crippen molar-refractivity contribution in [2.75, 3.05) is 25.4 Å². The summed E-state index contributed by atoms with van der Waals surface area (Å²) in [6.07, 6.45) is 0.846. The van der Waals surface area contributed by atoms with Crippen molar-refractivity contribution >= 4 is 37.7 Å². The quantitative estimate of drug-likeness (QED) is 0.453. The zero-order valence-electron chi connectivity index (χ0n) is 18.7. The minimum atomic E-state index is -3.65. The number of piperidine rings is 1. The van der Waals surface area contributed by atoms with Crippen molar-refractivity contribution in [3.8, 4) is 0 Å². The Hall–Kier alpha value is -2.19. The molecule has 4 rings (SSSR count). The number of carbonyl (C=O) groups excluding carboxylic acids is 1. The first-order chi connectivity index (χ1) is 15.9. The Kier molecular flexibility index (Phi) is 7.86. The van der Waals surface area contributed by atoms with Crippen molar-refractivity contribution in [3.05, 3.63) is 78.4 Å². The molecule has 0 bridgehead atoms. The second-order valence-corrected chi connectivity index (χ2v) is 11.7. The van der Waals surface area contributed by atoms with E-state index in [9.17, 15) is 13.2 Å². The van der Waals surface area contributed by atoms with Crippen molar-refractivity contribution in [2.24, 2.45) is 11.8 Å². The van der Waals surface area contributed by atoms with Gasteiger partial charge in [0, 0.05) is 25.8 Å². The largest absolute Gasteiger partial charge is 0.376 e. The van der Waals surface area contributed by atoms with E-state index < -0.39 is 10.0 Å². The van der Waals surface area contributed by atoms with Gasteiger partial charge in [-0.05, 0) is 46.7 Å². The van der Waals surface area contributed by atoms with E-state index in [1.807, 2.05) is 60.7 Å². The van der Waals surface area contributed by atoms with Gasteiger partial charge in [-0.15, -0.1) is 0 Å². The standard InChI is InChI=1S/C26H29NO4S2/c1-20(28)32-19-23-13-22(18-31-17-21-7-3-2-4-8-21)15-27(16-23)33(29,30)26-12-11-24-9-5-6-10-25(24)14-26/h2-12,14,22-23H,13,15-19H2,1H3. The maximum atomic E-state index is 13.6. The summed E-state index contributed by atoms with van der Waals surface area (Å²) in [7, 11) is -3.65. The van der Waals surface area contributed by atoms with Crippen LogP contribution in [0, 0.1) is 11.8 Å². The number of hydrogen-bond acceptors (Lipinski definition) is 5. The molecule has 174 valence electrons. The third-order valence-electron chi connectivity index (χ3n) is 5.94. The number of benzene rings is 3. The number of rotatable bonds is 8. The molecule has 0 aliphatic carbocycles. The maximum Gasteiger partial charge on any atom is 0.243 e. The fraction of sp³-hybridized carbons (Fsp3) is 0.346. The highest BCUT2D eigenvalue weighted by molar-refractivity contribution is 8.13. The molecule has 1 aliphatic rings. The van der Waals surface area contributed by atoms with Crippen LogP contribution in [0.15, 0.2) is 77.7 Å². The van der Waals surface area contributed by atoms with Gasteiger partial charge in [0.1, 0.15) is 0 Å². The van der Waals surface area contributed by atoms with Crippen LogP contribution in [0.5, 0.6) is 0 Å². The first-order valence-electron chi connectivity index (χ1n) is 11.2. The summed E-state index contributed by atoms with van der Waals surface area (Å²) in [6.45, 7) is 3.38. The van der Waals surface area contributed by atoms with E-state index in [-0.39, 0.29) is 17.0 Å². The fourth-order valence-corrected chi connectivity index (χ4v) is 6.68. The van der Waals surface area contributed by atoms with Gasteiger partial charge in [0.25, 0.3) is 0 Å². The minimum absolute atomic E-state index is 0.0568. The van der Waals surface area contributed by atoms with E-state index in [1.165, 1.54) is 11.8 Å². The van der Waals surface area contributed by atoms with Crippen LogP contribution in [0.25, 0.3) is 10.8 Å². The number of thioether (sulfide) groups is 1. The topological polar surface area (TPSA) is 63.7 Å². The zero-order valence-corrected chi connectivity index (χ0v) is 20.4. The molecule has 0 radical (unpaired) electrons. The van der Waals surface area contributed by atoms with Crippen LogP contribution in [0.4, 0.5) is 0 Å². The number of ether oxygens (including phenoxy) is 1. The molecule has 0 amide bonds. The van der Waals surface area contributed by atoms with Crippen molar-refractivity contribution in [2.45, 2.75) is 24.8 Å². The van der Waals surface area contributed by atoms with Crippen LogP contribution in [0.1, 0.15) is 18.9 Å². The molecule has 5 nitrogen and oxygen atoms in total. The smallest absolute Gasteiger partial charge is 0.243 e. The van der Waals surface area contributed by atoms with Gasteiger partial charge in [0.15, 0.2) is 5.12 Å². The molecule has 3 aromatic rings. The second kappa shape index (κ2) is 10.8. The van der Waals surface area contributed by atoms with Gasteiger partial charge in [-0.1, -0.05) is 72.4 Å². The Morgan fingerprint density at radius 3 is 2.42 bits per heavy atom. The average molecular weight is 484 g/mol. The van der Waals surface area contributed by atoms with Crippen molar-refractivity contribution in [1.29, 1.82) is 0 Å². The van der Waals surface area contributed by atoms with E-state index in [1.54, 1.807) is 23.4 Å². The van der Waals surface area contributed by atoms with E-state index in [0.717, 1.165) is 22.8 Å². The Bertz CT molecular complexity index is 1200. The number of sulfonamides is 1. The van der Waals surface area contributed by atoms with Gasteiger partial charge in [-0.2, -0.15) is 4.31 Å². The molecule has 2 unspecified atom stereocenters. The highest BCUT2D eigenvalue weighted by Crippen LogP contribution is 2.31. The van der Waals surface area contributed by atoms with Crippen LogP contribution < -0.4 is 0 Å². The van der Waals surface area contributed by atoms with Crippen molar-refractivity contribution in [3.63, 3.8) is 0 Å². The molecule has 0 aromatic heterocycles. The predicted octanol–water partition coefficient (Wildman–Crippen LogP) is 4.96. The lowest BCUT2D eigenvalue weighted by atomic mass is 9.92. The first-order valence-corrected chi connectivity index (χ1v) is 13.6. The molecule has 0 N–H and O–H groups in total. The van der Waals surface area contributed by atoms with Crippen LogP contribution in [-0.4, -0.2) is 43.3 Å². The summed E-state index contributed by atoms with van der Waals surface area (Å²) >= 11 is 1.27. The summed E-state index contributed by atoms with van der Waals surface area (Å²) in [5.41, 5.74) is 1.10. The van der Waals surface area contributed by atoms with E-state index in [2.05, 4.69) is 0 Å². The summed E-state index contributed by atoms with van der Waals surface area (Å²) in [5.74, 6) is 0.803. The number of carbonyl (C=O) groups is 1. The summed E-state index contributed by atoms with van der Waals surface area (Å²) in [4.78, 5) is 11.8.